The third-order valence-corrected chi connectivity index (χ3v) is 2.11. The minimum atomic E-state index is -1.18. The standard InChI is InChI=1S/C10H14O6/c1-3-14-9(12)7-6(11)5-16-8(7)10(13)15-4-2/h7-8H,3-5H2,1-2H3. The van der Waals surface area contributed by atoms with Crippen molar-refractivity contribution in [2.75, 3.05) is 19.8 Å². The fraction of sp³-hybridized carbons (Fsp3) is 0.700. The van der Waals surface area contributed by atoms with E-state index in [1.54, 1.807) is 13.8 Å². The Balaban J connectivity index is 2.73. The molecule has 1 saturated heterocycles. The second-order valence-electron chi connectivity index (χ2n) is 3.18. The van der Waals surface area contributed by atoms with Crippen molar-refractivity contribution in [3.63, 3.8) is 0 Å². The first kappa shape index (κ1) is 12.6. The Bertz CT molecular complexity index is 298. The van der Waals surface area contributed by atoms with Crippen LogP contribution in [0.3, 0.4) is 0 Å². The number of hydrogen-bond acceptors (Lipinski definition) is 6. The van der Waals surface area contributed by atoms with Gasteiger partial charge in [-0.05, 0) is 13.8 Å². The molecule has 1 aliphatic rings. The fourth-order valence-electron chi connectivity index (χ4n) is 1.44. The van der Waals surface area contributed by atoms with Crippen molar-refractivity contribution in [2.45, 2.75) is 20.0 Å². The SMILES string of the molecule is CCOC(=O)C1OCC(=O)C1C(=O)OCC. The maximum atomic E-state index is 11.4. The maximum Gasteiger partial charge on any atom is 0.336 e. The van der Waals surface area contributed by atoms with Gasteiger partial charge in [0.25, 0.3) is 0 Å². The summed E-state index contributed by atoms with van der Waals surface area (Å²) in [5, 5.41) is 0. The summed E-state index contributed by atoms with van der Waals surface area (Å²) in [7, 11) is 0. The van der Waals surface area contributed by atoms with Gasteiger partial charge in [-0.2, -0.15) is 0 Å². The first-order chi connectivity index (χ1) is 7.61. The lowest BCUT2D eigenvalue weighted by Gasteiger charge is -2.14. The van der Waals surface area contributed by atoms with Crippen LogP contribution in [-0.2, 0) is 28.6 Å². The van der Waals surface area contributed by atoms with E-state index in [0.29, 0.717) is 0 Å². The molecule has 2 unspecified atom stereocenters. The molecular weight excluding hydrogens is 216 g/mol. The summed E-state index contributed by atoms with van der Waals surface area (Å²) >= 11 is 0. The second-order valence-corrected chi connectivity index (χ2v) is 3.18. The van der Waals surface area contributed by atoms with Crippen LogP contribution in [0.4, 0.5) is 0 Å². The molecule has 0 aromatic carbocycles. The molecule has 0 bridgehead atoms. The molecule has 1 rings (SSSR count). The molecule has 0 saturated carbocycles. The van der Waals surface area contributed by atoms with Gasteiger partial charge in [-0.3, -0.25) is 9.59 Å². The van der Waals surface area contributed by atoms with Crippen LogP contribution in [0, 0.1) is 5.92 Å². The van der Waals surface area contributed by atoms with Crippen molar-refractivity contribution in [3.8, 4) is 0 Å². The summed E-state index contributed by atoms with van der Waals surface area (Å²) in [4.78, 5) is 34.2. The van der Waals surface area contributed by atoms with Crippen molar-refractivity contribution < 1.29 is 28.6 Å². The number of carbonyl (C=O) groups excluding carboxylic acids is 3. The molecule has 1 heterocycles. The smallest absolute Gasteiger partial charge is 0.336 e. The van der Waals surface area contributed by atoms with E-state index >= 15 is 0 Å². The number of ether oxygens (including phenoxy) is 3. The van der Waals surface area contributed by atoms with E-state index in [-0.39, 0.29) is 19.8 Å². The van der Waals surface area contributed by atoms with Gasteiger partial charge in [0.1, 0.15) is 6.61 Å². The number of Topliss-reactive ketones (excluding diaryl/α,β-unsaturated/α-hetero) is 1. The number of ketones is 1. The first-order valence-corrected chi connectivity index (χ1v) is 5.09. The van der Waals surface area contributed by atoms with Gasteiger partial charge >= 0.3 is 11.9 Å². The number of carbonyl (C=O) groups is 3. The topological polar surface area (TPSA) is 78.9 Å². The Morgan fingerprint density at radius 3 is 2.38 bits per heavy atom. The summed E-state index contributed by atoms with van der Waals surface area (Å²) in [5.41, 5.74) is 0. The lowest BCUT2D eigenvalue weighted by Crippen LogP contribution is -2.37. The molecule has 90 valence electrons. The van der Waals surface area contributed by atoms with Crippen molar-refractivity contribution >= 4 is 17.7 Å². The molecule has 0 N–H and O–H groups in total. The molecule has 0 spiro atoms. The Labute approximate surface area is 92.8 Å². The van der Waals surface area contributed by atoms with Crippen LogP contribution in [0.25, 0.3) is 0 Å². The zero-order valence-corrected chi connectivity index (χ0v) is 9.23. The molecule has 0 aromatic heterocycles. The van der Waals surface area contributed by atoms with E-state index in [2.05, 4.69) is 0 Å². The van der Waals surface area contributed by atoms with Crippen LogP contribution >= 0.6 is 0 Å². The van der Waals surface area contributed by atoms with Gasteiger partial charge in [-0.15, -0.1) is 0 Å². The van der Waals surface area contributed by atoms with Crippen LogP contribution < -0.4 is 0 Å². The minimum Gasteiger partial charge on any atom is -0.465 e. The summed E-state index contributed by atoms with van der Waals surface area (Å²) < 4.78 is 14.4. The monoisotopic (exact) mass is 230 g/mol. The molecule has 0 amide bonds. The van der Waals surface area contributed by atoms with Crippen LogP contribution in [0.15, 0.2) is 0 Å². The summed E-state index contributed by atoms with van der Waals surface area (Å²) in [6.07, 6.45) is -1.16. The summed E-state index contributed by atoms with van der Waals surface area (Å²) in [6.45, 7) is 3.32. The van der Waals surface area contributed by atoms with E-state index in [1.807, 2.05) is 0 Å². The van der Waals surface area contributed by atoms with E-state index in [0.717, 1.165) is 0 Å². The summed E-state index contributed by atoms with van der Waals surface area (Å²) in [5.74, 6) is -3.06. The van der Waals surface area contributed by atoms with Crippen molar-refractivity contribution in [3.05, 3.63) is 0 Å². The number of rotatable bonds is 4. The van der Waals surface area contributed by atoms with Crippen molar-refractivity contribution in [1.82, 2.24) is 0 Å². The van der Waals surface area contributed by atoms with Crippen LogP contribution in [0.5, 0.6) is 0 Å². The highest BCUT2D eigenvalue weighted by atomic mass is 16.6. The zero-order chi connectivity index (χ0) is 12.1. The molecule has 6 nitrogen and oxygen atoms in total. The zero-order valence-electron chi connectivity index (χ0n) is 9.23. The molecule has 0 aliphatic carbocycles. The van der Waals surface area contributed by atoms with Crippen LogP contribution in [0.2, 0.25) is 0 Å². The van der Waals surface area contributed by atoms with E-state index in [9.17, 15) is 14.4 Å². The fourth-order valence-corrected chi connectivity index (χ4v) is 1.44. The van der Waals surface area contributed by atoms with Gasteiger partial charge in [0.05, 0.1) is 13.2 Å². The summed E-state index contributed by atoms with van der Waals surface area (Å²) in [6, 6.07) is 0. The molecule has 0 radical (unpaired) electrons. The van der Waals surface area contributed by atoms with Gasteiger partial charge in [0.15, 0.2) is 17.8 Å². The maximum absolute atomic E-state index is 11.4. The predicted molar refractivity (Wildman–Crippen MR) is 51.5 cm³/mol. The Morgan fingerprint density at radius 2 is 1.81 bits per heavy atom. The molecule has 0 aromatic rings. The number of esters is 2. The third kappa shape index (κ3) is 2.57. The van der Waals surface area contributed by atoms with Gasteiger partial charge in [0, 0.05) is 0 Å². The Kier molecular flexibility index (Phi) is 4.42. The van der Waals surface area contributed by atoms with Gasteiger partial charge < -0.3 is 14.2 Å². The highest BCUT2D eigenvalue weighted by Crippen LogP contribution is 2.20. The van der Waals surface area contributed by atoms with Crippen LogP contribution in [0.1, 0.15) is 13.8 Å². The van der Waals surface area contributed by atoms with Gasteiger partial charge in [-0.25, -0.2) is 4.79 Å². The highest BCUT2D eigenvalue weighted by molar-refractivity contribution is 6.05. The molecule has 1 aliphatic heterocycles. The Morgan fingerprint density at radius 1 is 1.25 bits per heavy atom. The van der Waals surface area contributed by atoms with Gasteiger partial charge in [-0.1, -0.05) is 0 Å². The van der Waals surface area contributed by atoms with Crippen molar-refractivity contribution in [1.29, 1.82) is 0 Å². The minimum absolute atomic E-state index is 0.151. The first-order valence-electron chi connectivity index (χ1n) is 5.09. The average molecular weight is 230 g/mol. The van der Waals surface area contributed by atoms with E-state index < -0.39 is 29.7 Å². The predicted octanol–water partition coefficient (Wildman–Crippen LogP) is -0.303. The normalized spacial score (nSPS) is 24.2. The third-order valence-electron chi connectivity index (χ3n) is 2.11. The largest absolute Gasteiger partial charge is 0.465 e. The molecular formula is C10H14O6. The second kappa shape index (κ2) is 5.60. The highest BCUT2D eigenvalue weighted by Gasteiger charge is 2.47. The van der Waals surface area contributed by atoms with Crippen molar-refractivity contribution in [2.24, 2.45) is 5.92 Å². The Hall–Kier alpha value is -1.43. The lowest BCUT2D eigenvalue weighted by atomic mass is 10.0. The van der Waals surface area contributed by atoms with Crippen LogP contribution in [-0.4, -0.2) is 43.6 Å². The molecule has 16 heavy (non-hydrogen) atoms. The molecule has 6 heteroatoms. The molecule has 2 atom stereocenters. The van der Waals surface area contributed by atoms with E-state index in [1.165, 1.54) is 0 Å². The molecule has 1 fully saturated rings. The quantitative estimate of drug-likeness (QED) is 0.487. The average Bonchev–Trinajstić information content (AvgIpc) is 2.61. The number of hydrogen-bond donors (Lipinski definition) is 0. The van der Waals surface area contributed by atoms with Gasteiger partial charge in [0.2, 0.25) is 0 Å². The lowest BCUT2D eigenvalue weighted by molar-refractivity contribution is -0.164. The van der Waals surface area contributed by atoms with E-state index in [4.69, 9.17) is 14.2 Å².